The normalized spacial score (nSPS) is 14.6. The number of nitrogens with zero attached hydrogens (tertiary/aromatic N) is 5. The first-order valence-corrected chi connectivity index (χ1v) is 9.98. The maximum Gasteiger partial charge on any atom is 0.165 e. The van der Waals surface area contributed by atoms with Gasteiger partial charge in [-0.1, -0.05) is 55.3 Å². The van der Waals surface area contributed by atoms with Gasteiger partial charge in [0.1, 0.15) is 5.75 Å². The summed E-state index contributed by atoms with van der Waals surface area (Å²) in [6, 6.07) is 19.3. The van der Waals surface area contributed by atoms with Gasteiger partial charge in [0.15, 0.2) is 5.82 Å². The summed E-state index contributed by atoms with van der Waals surface area (Å²) in [6.07, 6.45) is 4.89. The molecule has 0 atom stereocenters. The van der Waals surface area contributed by atoms with Gasteiger partial charge < -0.3 is 4.74 Å². The number of rotatable bonds is 8. The number of methoxy groups -OCH3 is 1. The molecule has 0 N–H and O–H groups in total. The van der Waals surface area contributed by atoms with Gasteiger partial charge >= 0.3 is 0 Å². The van der Waals surface area contributed by atoms with Crippen LogP contribution in [-0.2, 0) is 19.6 Å². The SMILES string of the molecule is COc1ccc(CN(Cc2ccccc2)Cc2nnnn2C2CCCC2)cc1. The third-order valence-electron chi connectivity index (χ3n) is 5.41. The van der Waals surface area contributed by atoms with Crippen molar-refractivity contribution >= 4 is 0 Å². The van der Waals surface area contributed by atoms with Crippen LogP contribution in [0.2, 0.25) is 0 Å². The molecule has 4 rings (SSSR count). The standard InChI is InChI=1S/C22H27N5O/c1-28-21-13-11-19(12-14-21)16-26(15-18-7-3-2-4-8-18)17-22-23-24-25-27(22)20-9-5-6-10-20/h2-4,7-8,11-14,20H,5-6,9-10,15-17H2,1H3. The van der Waals surface area contributed by atoms with Crippen LogP contribution in [0.25, 0.3) is 0 Å². The number of hydrogen-bond donors (Lipinski definition) is 0. The van der Waals surface area contributed by atoms with Gasteiger partial charge in [0.25, 0.3) is 0 Å². The topological polar surface area (TPSA) is 56.1 Å². The summed E-state index contributed by atoms with van der Waals surface area (Å²) in [5.41, 5.74) is 2.53. The average Bonchev–Trinajstić information content (AvgIpc) is 3.41. The number of benzene rings is 2. The molecule has 0 unspecified atom stereocenters. The van der Waals surface area contributed by atoms with Gasteiger partial charge in [0, 0.05) is 13.1 Å². The lowest BCUT2D eigenvalue weighted by Gasteiger charge is -2.23. The van der Waals surface area contributed by atoms with Gasteiger partial charge in [-0.15, -0.1) is 5.10 Å². The monoisotopic (exact) mass is 377 g/mol. The molecule has 0 bridgehead atoms. The highest BCUT2D eigenvalue weighted by Gasteiger charge is 2.22. The van der Waals surface area contributed by atoms with Crippen LogP contribution in [0.15, 0.2) is 54.6 Å². The Morgan fingerprint density at radius 3 is 2.29 bits per heavy atom. The van der Waals surface area contributed by atoms with Gasteiger partial charge in [0.05, 0.1) is 19.7 Å². The van der Waals surface area contributed by atoms with Crippen LogP contribution >= 0.6 is 0 Å². The van der Waals surface area contributed by atoms with Crippen LogP contribution in [0.5, 0.6) is 5.75 Å². The van der Waals surface area contributed by atoms with Crippen molar-refractivity contribution in [3.8, 4) is 5.75 Å². The largest absolute Gasteiger partial charge is 0.497 e. The lowest BCUT2D eigenvalue weighted by Crippen LogP contribution is -2.25. The molecule has 1 heterocycles. The fourth-order valence-corrected chi connectivity index (χ4v) is 3.95. The number of aromatic nitrogens is 4. The van der Waals surface area contributed by atoms with E-state index >= 15 is 0 Å². The quantitative estimate of drug-likeness (QED) is 0.594. The molecule has 2 aromatic carbocycles. The molecule has 0 aliphatic heterocycles. The van der Waals surface area contributed by atoms with Crippen molar-refractivity contribution in [1.29, 1.82) is 0 Å². The minimum atomic E-state index is 0.449. The van der Waals surface area contributed by atoms with E-state index in [-0.39, 0.29) is 0 Å². The van der Waals surface area contributed by atoms with Gasteiger partial charge in [0.2, 0.25) is 0 Å². The van der Waals surface area contributed by atoms with Crippen LogP contribution < -0.4 is 4.74 Å². The van der Waals surface area contributed by atoms with Crippen molar-refractivity contribution in [2.75, 3.05) is 7.11 Å². The maximum absolute atomic E-state index is 5.28. The Hall–Kier alpha value is -2.73. The highest BCUT2D eigenvalue weighted by Crippen LogP contribution is 2.29. The highest BCUT2D eigenvalue weighted by molar-refractivity contribution is 5.27. The fraction of sp³-hybridized carbons (Fsp3) is 0.409. The van der Waals surface area contributed by atoms with Gasteiger partial charge in [-0.3, -0.25) is 4.90 Å². The molecule has 1 aromatic heterocycles. The van der Waals surface area contributed by atoms with E-state index in [1.807, 2.05) is 12.1 Å². The van der Waals surface area contributed by atoms with Crippen LogP contribution in [-0.4, -0.2) is 32.2 Å². The Balaban J connectivity index is 1.53. The molecular weight excluding hydrogens is 350 g/mol. The summed E-state index contributed by atoms with van der Waals surface area (Å²) in [7, 11) is 1.69. The van der Waals surface area contributed by atoms with E-state index in [4.69, 9.17) is 4.74 Å². The van der Waals surface area contributed by atoms with E-state index in [1.165, 1.54) is 36.8 Å². The van der Waals surface area contributed by atoms with Gasteiger partial charge in [-0.05, 0) is 46.5 Å². The van der Waals surface area contributed by atoms with E-state index in [0.29, 0.717) is 6.04 Å². The molecule has 6 heteroatoms. The summed E-state index contributed by atoms with van der Waals surface area (Å²) in [5.74, 6) is 1.83. The molecule has 6 nitrogen and oxygen atoms in total. The van der Waals surface area contributed by atoms with E-state index < -0.39 is 0 Å². The zero-order valence-corrected chi connectivity index (χ0v) is 16.4. The molecule has 1 aliphatic rings. The summed E-state index contributed by atoms with van der Waals surface area (Å²) in [5, 5.41) is 12.6. The zero-order chi connectivity index (χ0) is 19.2. The Kier molecular flexibility index (Phi) is 5.97. The minimum absolute atomic E-state index is 0.449. The first-order chi connectivity index (χ1) is 13.8. The summed E-state index contributed by atoms with van der Waals surface area (Å²) in [6.45, 7) is 2.41. The second-order valence-electron chi connectivity index (χ2n) is 7.46. The number of hydrogen-bond acceptors (Lipinski definition) is 5. The second-order valence-corrected chi connectivity index (χ2v) is 7.46. The Morgan fingerprint density at radius 1 is 0.929 bits per heavy atom. The van der Waals surface area contributed by atoms with Crippen molar-refractivity contribution < 1.29 is 4.74 Å². The van der Waals surface area contributed by atoms with E-state index in [0.717, 1.165) is 31.2 Å². The highest BCUT2D eigenvalue weighted by atomic mass is 16.5. The molecule has 0 saturated heterocycles. The van der Waals surface area contributed by atoms with E-state index in [9.17, 15) is 0 Å². The molecular formula is C22H27N5O. The molecule has 0 radical (unpaired) electrons. The Bertz CT molecular complexity index is 856. The van der Waals surface area contributed by atoms with Gasteiger partial charge in [-0.25, -0.2) is 4.68 Å². The van der Waals surface area contributed by atoms with Crippen molar-refractivity contribution in [3.63, 3.8) is 0 Å². The van der Waals surface area contributed by atoms with Crippen molar-refractivity contribution in [1.82, 2.24) is 25.1 Å². The van der Waals surface area contributed by atoms with E-state index in [2.05, 4.69) is 67.6 Å². The summed E-state index contributed by atoms with van der Waals surface area (Å²) >= 11 is 0. The molecule has 1 saturated carbocycles. The fourth-order valence-electron chi connectivity index (χ4n) is 3.95. The minimum Gasteiger partial charge on any atom is -0.497 e. The van der Waals surface area contributed by atoms with Gasteiger partial charge in [-0.2, -0.15) is 0 Å². The summed E-state index contributed by atoms with van der Waals surface area (Å²) < 4.78 is 7.34. The Labute approximate surface area is 166 Å². The second kappa shape index (κ2) is 8.97. The maximum atomic E-state index is 5.28. The third-order valence-corrected chi connectivity index (χ3v) is 5.41. The van der Waals surface area contributed by atoms with Crippen LogP contribution in [0, 0.1) is 0 Å². The summed E-state index contributed by atoms with van der Waals surface area (Å²) in [4.78, 5) is 2.40. The Morgan fingerprint density at radius 2 is 1.61 bits per heavy atom. The first kappa shape index (κ1) is 18.6. The molecule has 3 aromatic rings. The molecule has 1 fully saturated rings. The molecule has 28 heavy (non-hydrogen) atoms. The lowest BCUT2D eigenvalue weighted by atomic mass is 10.1. The average molecular weight is 377 g/mol. The first-order valence-electron chi connectivity index (χ1n) is 9.98. The molecule has 146 valence electrons. The van der Waals surface area contributed by atoms with Crippen molar-refractivity contribution in [2.24, 2.45) is 0 Å². The van der Waals surface area contributed by atoms with Crippen molar-refractivity contribution in [3.05, 3.63) is 71.5 Å². The number of ether oxygens (including phenoxy) is 1. The third kappa shape index (κ3) is 4.57. The molecule has 0 spiro atoms. The predicted molar refractivity (Wildman–Crippen MR) is 108 cm³/mol. The van der Waals surface area contributed by atoms with Crippen molar-refractivity contribution in [2.45, 2.75) is 51.4 Å². The number of tetrazole rings is 1. The molecule has 1 aliphatic carbocycles. The van der Waals surface area contributed by atoms with Crippen LogP contribution in [0.3, 0.4) is 0 Å². The van der Waals surface area contributed by atoms with E-state index in [1.54, 1.807) is 7.11 Å². The predicted octanol–water partition coefficient (Wildman–Crippen LogP) is 4.00. The smallest absolute Gasteiger partial charge is 0.165 e. The zero-order valence-electron chi connectivity index (χ0n) is 16.4. The van der Waals surface area contributed by atoms with Crippen LogP contribution in [0.1, 0.15) is 48.7 Å². The van der Waals surface area contributed by atoms with Crippen LogP contribution in [0.4, 0.5) is 0 Å². The lowest BCUT2D eigenvalue weighted by molar-refractivity contribution is 0.232. The molecule has 0 amide bonds.